The highest BCUT2D eigenvalue weighted by Gasteiger charge is 2.26. The summed E-state index contributed by atoms with van der Waals surface area (Å²) in [7, 11) is 0. The van der Waals surface area contributed by atoms with Crippen molar-refractivity contribution in [1.82, 2.24) is 0 Å². The molecular formula is C13H6N6O. The first-order valence-electron chi connectivity index (χ1n) is 5.69. The van der Waals surface area contributed by atoms with E-state index in [0.717, 1.165) is 5.39 Å². The Hall–Kier alpha value is -3.27. The molecule has 0 bridgehead atoms. The molecule has 1 aliphatic rings. The van der Waals surface area contributed by atoms with Gasteiger partial charge in [0.25, 0.3) is 0 Å². The maximum atomic E-state index is 12.4. The van der Waals surface area contributed by atoms with Crippen LogP contribution in [-0.4, -0.2) is 5.78 Å². The van der Waals surface area contributed by atoms with Gasteiger partial charge in [-0.3, -0.25) is 4.79 Å². The van der Waals surface area contributed by atoms with E-state index in [9.17, 15) is 4.79 Å². The van der Waals surface area contributed by atoms with Crippen molar-refractivity contribution in [2.75, 3.05) is 0 Å². The first-order chi connectivity index (χ1) is 9.77. The van der Waals surface area contributed by atoms with Crippen LogP contribution in [0.1, 0.15) is 15.9 Å². The van der Waals surface area contributed by atoms with Crippen molar-refractivity contribution < 1.29 is 4.79 Å². The number of rotatable bonds is 2. The number of azide groups is 2. The van der Waals surface area contributed by atoms with E-state index in [4.69, 9.17) is 11.1 Å². The summed E-state index contributed by atoms with van der Waals surface area (Å²) in [6.07, 6.45) is 0. The smallest absolute Gasteiger partial charge is 0.196 e. The largest absolute Gasteiger partial charge is 0.289 e. The van der Waals surface area contributed by atoms with Crippen LogP contribution >= 0.6 is 0 Å². The standard InChI is InChI=1S/C13H6N6O/c14-18-16-11-8-5-1-3-7-4-2-6-9(10(7)8)13(20)12(11)17-19-15/h1-6H. The van der Waals surface area contributed by atoms with Gasteiger partial charge in [0, 0.05) is 20.8 Å². The molecule has 0 amide bonds. The number of carbonyl (C=O) groups excluding carboxylic acids is 1. The minimum atomic E-state index is -0.436. The lowest BCUT2D eigenvalue weighted by Gasteiger charge is -2.18. The van der Waals surface area contributed by atoms with Gasteiger partial charge >= 0.3 is 0 Å². The zero-order valence-electron chi connectivity index (χ0n) is 10.1. The molecule has 2 aromatic rings. The second kappa shape index (κ2) is 4.44. The van der Waals surface area contributed by atoms with Gasteiger partial charge in [0.05, 0.1) is 11.4 Å². The monoisotopic (exact) mass is 262 g/mol. The Balaban J connectivity index is 2.53. The van der Waals surface area contributed by atoms with E-state index in [0.29, 0.717) is 16.5 Å². The van der Waals surface area contributed by atoms with Crippen molar-refractivity contribution in [3.63, 3.8) is 0 Å². The maximum absolute atomic E-state index is 12.4. The van der Waals surface area contributed by atoms with Crippen LogP contribution in [0.4, 0.5) is 0 Å². The summed E-state index contributed by atoms with van der Waals surface area (Å²) in [5.41, 5.74) is 18.2. The summed E-state index contributed by atoms with van der Waals surface area (Å²) < 4.78 is 0. The highest BCUT2D eigenvalue weighted by Crippen LogP contribution is 2.37. The summed E-state index contributed by atoms with van der Waals surface area (Å²) in [4.78, 5) is 17.7. The highest BCUT2D eigenvalue weighted by atomic mass is 16.1. The van der Waals surface area contributed by atoms with Crippen LogP contribution in [0.15, 0.2) is 52.3 Å². The van der Waals surface area contributed by atoms with E-state index in [1.54, 1.807) is 24.3 Å². The Morgan fingerprint density at radius 2 is 1.45 bits per heavy atom. The summed E-state index contributed by atoms with van der Waals surface area (Å²) in [5.74, 6) is -0.436. The van der Waals surface area contributed by atoms with Crippen LogP contribution in [-0.2, 0) is 0 Å². The van der Waals surface area contributed by atoms with Crippen molar-refractivity contribution in [3.05, 3.63) is 74.1 Å². The summed E-state index contributed by atoms with van der Waals surface area (Å²) in [5, 5.41) is 8.50. The average Bonchev–Trinajstić information content (AvgIpc) is 2.48. The van der Waals surface area contributed by atoms with Gasteiger partial charge in [-0.2, -0.15) is 0 Å². The Morgan fingerprint density at radius 1 is 0.850 bits per heavy atom. The topological polar surface area (TPSA) is 115 Å². The first-order valence-corrected chi connectivity index (χ1v) is 5.69. The molecule has 7 nitrogen and oxygen atoms in total. The second-order valence-electron chi connectivity index (χ2n) is 4.11. The van der Waals surface area contributed by atoms with E-state index in [2.05, 4.69) is 20.1 Å². The SMILES string of the molecule is [N-]=[N+]=NC1=C(N=[N+]=[N-])c2cccc3cccc(c23)C1=O. The molecule has 0 spiro atoms. The molecule has 0 atom stereocenters. The van der Waals surface area contributed by atoms with Gasteiger partial charge in [0.1, 0.15) is 0 Å². The van der Waals surface area contributed by atoms with Gasteiger partial charge in [-0.05, 0) is 22.0 Å². The number of hydrogen-bond acceptors (Lipinski definition) is 3. The molecule has 20 heavy (non-hydrogen) atoms. The zero-order valence-corrected chi connectivity index (χ0v) is 10.1. The molecule has 0 radical (unpaired) electrons. The summed E-state index contributed by atoms with van der Waals surface area (Å²) in [6, 6.07) is 10.7. The molecule has 0 aromatic heterocycles. The normalized spacial score (nSPS) is 12.9. The molecule has 0 unspecified atom stereocenters. The number of benzene rings is 2. The molecule has 2 aromatic carbocycles. The molecule has 0 saturated heterocycles. The predicted octanol–water partition coefficient (Wildman–Crippen LogP) is 4.33. The molecule has 0 fully saturated rings. The van der Waals surface area contributed by atoms with Gasteiger partial charge in [-0.15, -0.1) is 0 Å². The lowest BCUT2D eigenvalue weighted by molar-refractivity contribution is 0.103. The molecule has 0 N–H and O–H groups in total. The maximum Gasteiger partial charge on any atom is 0.196 e. The van der Waals surface area contributed by atoms with Crippen molar-refractivity contribution in [1.29, 1.82) is 0 Å². The van der Waals surface area contributed by atoms with Gasteiger partial charge in [0.15, 0.2) is 5.78 Å². The van der Waals surface area contributed by atoms with E-state index < -0.39 is 5.78 Å². The zero-order chi connectivity index (χ0) is 14.1. The van der Waals surface area contributed by atoms with Gasteiger partial charge in [-0.25, -0.2) is 0 Å². The number of nitrogens with zero attached hydrogens (tertiary/aromatic N) is 6. The quantitative estimate of drug-likeness (QED) is 0.447. The van der Waals surface area contributed by atoms with Crippen molar-refractivity contribution in [2.24, 2.45) is 10.2 Å². The Kier molecular flexibility index (Phi) is 2.62. The minimum Gasteiger partial charge on any atom is -0.289 e. The third kappa shape index (κ3) is 1.52. The molecule has 1 aliphatic carbocycles. The Morgan fingerprint density at radius 3 is 2.10 bits per heavy atom. The third-order valence-electron chi connectivity index (χ3n) is 3.13. The summed E-state index contributed by atoms with van der Waals surface area (Å²) in [6.45, 7) is 0. The minimum absolute atomic E-state index is 0.0691. The molecule has 3 rings (SSSR count). The molecule has 7 heteroatoms. The van der Waals surface area contributed by atoms with Crippen molar-refractivity contribution in [3.8, 4) is 0 Å². The van der Waals surface area contributed by atoms with Crippen molar-refractivity contribution >= 4 is 22.3 Å². The van der Waals surface area contributed by atoms with E-state index in [1.807, 2.05) is 12.1 Å². The Labute approximate surface area is 112 Å². The van der Waals surface area contributed by atoms with Gasteiger partial charge in [-0.1, -0.05) is 46.6 Å². The Bertz CT molecular complexity index is 880. The molecular weight excluding hydrogens is 256 g/mol. The number of allylic oxidation sites excluding steroid dienone is 1. The van der Waals surface area contributed by atoms with Crippen LogP contribution in [0.2, 0.25) is 0 Å². The number of hydrogen-bond donors (Lipinski definition) is 0. The third-order valence-corrected chi connectivity index (χ3v) is 3.13. The lowest BCUT2D eigenvalue weighted by Crippen LogP contribution is -2.10. The van der Waals surface area contributed by atoms with Crippen LogP contribution in [0.25, 0.3) is 37.4 Å². The van der Waals surface area contributed by atoms with Gasteiger partial charge in [0.2, 0.25) is 0 Å². The lowest BCUT2D eigenvalue weighted by atomic mass is 9.89. The van der Waals surface area contributed by atoms with Crippen LogP contribution < -0.4 is 0 Å². The summed E-state index contributed by atoms with van der Waals surface area (Å²) >= 11 is 0. The number of ketones is 1. The van der Waals surface area contributed by atoms with Crippen molar-refractivity contribution in [2.45, 2.75) is 0 Å². The highest BCUT2D eigenvalue weighted by molar-refractivity contribution is 6.24. The fourth-order valence-electron chi connectivity index (χ4n) is 2.37. The molecule has 0 aliphatic heterocycles. The molecule has 0 heterocycles. The van der Waals surface area contributed by atoms with Crippen LogP contribution in [0, 0.1) is 0 Å². The predicted molar refractivity (Wildman–Crippen MR) is 73.5 cm³/mol. The fourth-order valence-corrected chi connectivity index (χ4v) is 2.37. The molecule has 94 valence electrons. The fraction of sp³-hybridized carbons (Fsp3) is 0. The number of Topliss-reactive ketones (excluding diaryl/α,β-unsaturated/α-hetero) is 1. The van der Waals surface area contributed by atoms with Crippen LogP contribution in [0.5, 0.6) is 0 Å². The first kappa shape index (κ1) is 11.8. The van der Waals surface area contributed by atoms with Crippen LogP contribution in [0.3, 0.4) is 0 Å². The number of carbonyl (C=O) groups is 1. The second-order valence-corrected chi connectivity index (χ2v) is 4.11. The van der Waals surface area contributed by atoms with E-state index in [-0.39, 0.29) is 11.4 Å². The average molecular weight is 262 g/mol. The van der Waals surface area contributed by atoms with E-state index >= 15 is 0 Å². The molecule has 0 saturated carbocycles. The van der Waals surface area contributed by atoms with Gasteiger partial charge < -0.3 is 0 Å². The van der Waals surface area contributed by atoms with E-state index in [1.165, 1.54) is 0 Å².